The Kier molecular flexibility index (Phi) is 5.20. The Morgan fingerprint density at radius 2 is 1.61 bits per heavy atom. The van der Waals surface area contributed by atoms with Gasteiger partial charge in [0.15, 0.2) is 0 Å². The van der Waals surface area contributed by atoms with Crippen LogP contribution in [-0.4, -0.2) is 15.3 Å². The second kappa shape index (κ2) is 8.09. The molecule has 2 heterocycles. The van der Waals surface area contributed by atoms with Gasteiger partial charge in [0.1, 0.15) is 5.65 Å². The number of imidazole rings is 1. The largest absolute Gasteiger partial charge is 0.308 e. The number of benzene rings is 2. The topological polar surface area (TPSA) is 37.6 Å². The molecular weight excluding hydrogens is 346 g/mol. The number of hydrogen-bond donors (Lipinski definition) is 0. The van der Waals surface area contributed by atoms with E-state index in [1.54, 1.807) is 0 Å². The third kappa shape index (κ3) is 3.81. The Labute approximate surface area is 165 Å². The average molecular weight is 369 g/mol. The Morgan fingerprint density at radius 1 is 0.929 bits per heavy atom. The summed E-state index contributed by atoms with van der Waals surface area (Å²) in [6.45, 7) is 2.57. The fourth-order valence-electron chi connectivity index (χ4n) is 3.52. The predicted octanol–water partition coefficient (Wildman–Crippen LogP) is 4.81. The van der Waals surface area contributed by atoms with Crippen LogP contribution < -0.4 is 4.90 Å². The summed E-state index contributed by atoms with van der Waals surface area (Å²) in [4.78, 5) is 19.7. The molecule has 4 nitrogen and oxygen atoms in total. The Hall–Kier alpha value is -3.40. The molecule has 4 rings (SSSR count). The molecule has 0 aliphatic carbocycles. The number of pyridine rings is 1. The van der Waals surface area contributed by atoms with Crippen molar-refractivity contribution in [1.82, 2.24) is 9.38 Å². The molecule has 140 valence electrons. The van der Waals surface area contributed by atoms with Crippen LogP contribution in [0.4, 0.5) is 5.69 Å². The minimum atomic E-state index is 0.111. The molecule has 0 atom stereocenters. The number of aromatic nitrogens is 2. The van der Waals surface area contributed by atoms with Crippen molar-refractivity contribution in [3.8, 4) is 0 Å². The number of amides is 1. The van der Waals surface area contributed by atoms with Gasteiger partial charge in [-0.05, 0) is 43.2 Å². The highest BCUT2D eigenvalue weighted by Gasteiger charge is 2.18. The van der Waals surface area contributed by atoms with Crippen LogP contribution in [0.5, 0.6) is 0 Å². The fourth-order valence-corrected chi connectivity index (χ4v) is 3.52. The molecule has 0 N–H and O–H groups in total. The number of para-hydroxylation sites is 1. The molecule has 2 aromatic carbocycles. The maximum Gasteiger partial charge on any atom is 0.227 e. The lowest BCUT2D eigenvalue weighted by atomic mass is 10.1. The maximum atomic E-state index is 13.2. The van der Waals surface area contributed by atoms with Gasteiger partial charge in [-0.25, -0.2) is 4.98 Å². The molecule has 28 heavy (non-hydrogen) atoms. The summed E-state index contributed by atoms with van der Waals surface area (Å²) in [5, 5.41) is 0. The monoisotopic (exact) mass is 369 g/mol. The first kappa shape index (κ1) is 18.0. The summed E-state index contributed by atoms with van der Waals surface area (Å²) in [6.07, 6.45) is 3.10. The van der Waals surface area contributed by atoms with Gasteiger partial charge >= 0.3 is 0 Å². The van der Waals surface area contributed by atoms with Crippen LogP contribution in [0.1, 0.15) is 23.4 Å². The van der Waals surface area contributed by atoms with E-state index in [-0.39, 0.29) is 5.91 Å². The highest BCUT2D eigenvalue weighted by atomic mass is 16.2. The first-order chi connectivity index (χ1) is 13.7. The van der Waals surface area contributed by atoms with E-state index < -0.39 is 0 Å². The highest BCUT2D eigenvalue weighted by Crippen LogP contribution is 2.20. The van der Waals surface area contributed by atoms with Crippen molar-refractivity contribution in [1.29, 1.82) is 0 Å². The number of carbonyl (C=O) groups excluding carboxylic acids is 1. The molecule has 2 aromatic heterocycles. The molecule has 0 aliphatic heterocycles. The van der Waals surface area contributed by atoms with Crippen molar-refractivity contribution < 1.29 is 4.79 Å². The summed E-state index contributed by atoms with van der Waals surface area (Å²) in [7, 11) is 0. The molecule has 0 bridgehead atoms. The first-order valence-electron chi connectivity index (χ1n) is 9.54. The van der Waals surface area contributed by atoms with Gasteiger partial charge in [0, 0.05) is 24.0 Å². The Balaban J connectivity index is 1.56. The second-order valence-electron chi connectivity index (χ2n) is 6.87. The third-order valence-corrected chi connectivity index (χ3v) is 4.96. The zero-order chi connectivity index (χ0) is 19.3. The number of nitrogens with zero attached hydrogens (tertiary/aromatic N) is 3. The van der Waals surface area contributed by atoms with Crippen LogP contribution in [-0.2, 0) is 17.8 Å². The van der Waals surface area contributed by atoms with E-state index in [1.165, 1.54) is 0 Å². The summed E-state index contributed by atoms with van der Waals surface area (Å²) in [5.41, 5.74) is 5.04. The summed E-state index contributed by atoms with van der Waals surface area (Å²) < 4.78 is 2.08. The quantitative estimate of drug-likeness (QED) is 0.489. The van der Waals surface area contributed by atoms with Crippen LogP contribution in [0.3, 0.4) is 0 Å². The van der Waals surface area contributed by atoms with Crippen molar-refractivity contribution in [2.75, 3.05) is 4.90 Å². The molecule has 0 saturated heterocycles. The lowest BCUT2D eigenvalue weighted by Gasteiger charge is -2.23. The fraction of sp³-hybridized carbons (Fsp3) is 0.167. The van der Waals surface area contributed by atoms with Gasteiger partial charge in [0.25, 0.3) is 0 Å². The molecular formula is C24H23N3O. The van der Waals surface area contributed by atoms with E-state index in [1.807, 2.05) is 84.8 Å². The van der Waals surface area contributed by atoms with Crippen molar-refractivity contribution in [3.05, 3.63) is 102 Å². The summed E-state index contributed by atoms with van der Waals surface area (Å²) >= 11 is 0. The molecule has 0 spiro atoms. The Morgan fingerprint density at radius 3 is 2.36 bits per heavy atom. The minimum Gasteiger partial charge on any atom is -0.308 e. The van der Waals surface area contributed by atoms with Gasteiger partial charge < -0.3 is 9.30 Å². The number of anilines is 1. The number of hydrogen-bond acceptors (Lipinski definition) is 2. The van der Waals surface area contributed by atoms with Gasteiger partial charge in [-0.2, -0.15) is 0 Å². The lowest BCUT2D eigenvalue weighted by Crippen LogP contribution is -2.30. The van der Waals surface area contributed by atoms with Crippen LogP contribution >= 0.6 is 0 Å². The second-order valence-corrected chi connectivity index (χ2v) is 6.87. The van der Waals surface area contributed by atoms with Crippen LogP contribution in [0, 0.1) is 6.92 Å². The SMILES string of the molecule is Cc1nc2ccccn2c1CCC(=O)N(Cc1ccccc1)c1ccccc1. The predicted molar refractivity (Wildman–Crippen MR) is 112 cm³/mol. The normalized spacial score (nSPS) is 10.9. The van der Waals surface area contributed by atoms with Crippen molar-refractivity contribution in [3.63, 3.8) is 0 Å². The van der Waals surface area contributed by atoms with Crippen molar-refractivity contribution in [2.24, 2.45) is 0 Å². The molecule has 1 amide bonds. The van der Waals surface area contributed by atoms with E-state index in [9.17, 15) is 4.79 Å². The third-order valence-electron chi connectivity index (χ3n) is 4.96. The van der Waals surface area contributed by atoms with Crippen LogP contribution in [0.2, 0.25) is 0 Å². The minimum absolute atomic E-state index is 0.111. The van der Waals surface area contributed by atoms with E-state index in [0.717, 1.165) is 28.3 Å². The molecule has 0 radical (unpaired) electrons. The average Bonchev–Trinajstić information content (AvgIpc) is 3.06. The van der Waals surface area contributed by atoms with Crippen molar-refractivity contribution in [2.45, 2.75) is 26.3 Å². The molecule has 0 aliphatic rings. The highest BCUT2D eigenvalue weighted by molar-refractivity contribution is 5.93. The number of aryl methyl sites for hydroxylation is 2. The van der Waals surface area contributed by atoms with E-state index in [4.69, 9.17) is 0 Å². The summed E-state index contributed by atoms with van der Waals surface area (Å²) in [6, 6.07) is 25.9. The van der Waals surface area contributed by atoms with Crippen LogP contribution in [0.25, 0.3) is 5.65 Å². The number of carbonyl (C=O) groups is 1. The molecule has 4 aromatic rings. The van der Waals surface area contributed by atoms with Gasteiger partial charge in [0.2, 0.25) is 5.91 Å². The van der Waals surface area contributed by atoms with E-state index >= 15 is 0 Å². The van der Waals surface area contributed by atoms with Gasteiger partial charge in [0.05, 0.1) is 12.2 Å². The standard InChI is InChI=1S/C24H23N3O/c1-19-22(26-17-9-8-14-23(26)25-19)15-16-24(28)27(21-12-6-3-7-13-21)18-20-10-4-2-5-11-20/h2-14,17H,15-16,18H2,1H3. The van der Waals surface area contributed by atoms with Gasteiger partial charge in [-0.1, -0.05) is 54.6 Å². The number of fused-ring (bicyclic) bond motifs is 1. The van der Waals surface area contributed by atoms with Crippen molar-refractivity contribution >= 4 is 17.2 Å². The zero-order valence-electron chi connectivity index (χ0n) is 16.0. The van der Waals surface area contributed by atoms with Gasteiger partial charge in [-0.3, -0.25) is 4.79 Å². The van der Waals surface area contributed by atoms with Crippen LogP contribution in [0.15, 0.2) is 85.1 Å². The smallest absolute Gasteiger partial charge is 0.227 e. The van der Waals surface area contributed by atoms with Gasteiger partial charge in [-0.15, -0.1) is 0 Å². The molecule has 0 unspecified atom stereocenters. The lowest BCUT2D eigenvalue weighted by molar-refractivity contribution is -0.118. The maximum absolute atomic E-state index is 13.2. The molecule has 0 fully saturated rings. The molecule has 0 saturated carbocycles. The van der Waals surface area contributed by atoms with E-state index in [2.05, 4.69) is 21.5 Å². The van der Waals surface area contributed by atoms with E-state index in [0.29, 0.717) is 19.4 Å². The Bertz CT molecular complexity index is 1070. The summed E-state index contributed by atoms with van der Waals surface area (Å²) in [5.74, 6) is 0.111. The molecule has 4 heteroatoms. The number of rotatable bonds is 6. The zero-order valence-corrected chi connectivity index (χ0v) is 16.0. The first-order valence-corrected chi connectivity index (χ1v) is 9.54.